The van der Waals surface area contributed by atoms with Crippen molar-refractivity contribution in [2.24, 2.45) is 0 Å². The van der Waals surface area contributed by atoms with E-state index in [1.165, 1.54) is 27.8 Å². The van der Waals surface area contributed by atoms with Crippen molar-refractivity contribution in [1.82, 2.24) is 18.7 Å². The van der Waals surface area contributed by atoms with Crippen molar-refractivity contribution < 1.29 is 38.6 Å². The molecule has 7 heteroatoms. The summed E-state index contributed by atoms with van der Waals surface area (Å²) in [6, 6.07) is 81.4. The van der Waals surface area contributed by atoms with Gasteiger partial charge in [-0.3, -0.25) is 4.57 Å². The van der Waals surface area contributed by atoms with E-state index >= 15 is 0 Å². The first-order valence-electron chi connectivity index (χ1n) is 38.1. The molecule has 2 aliphatic rings. The molecule has 15 aromatic rings. The Morgan fingerprint density at radius 3 is 1.60 bits per heavy atom. The first-order valence-corrected chi connectivity index (χ1v) is 35.1. The van der Waals surface area contributed by atoms with E-state index in [4.69, 9.17) is 9.72 Å². The van der Waals surface area contributed by atoms with Crippen molar-refractivity contribution in [1.29, 1.82) is 0 Å². The van der Waals surface area contributed by atoms with Gasteiger partial charge in [0.1, 0.15) is 5.82 Å². The molecule has 0 saturated carbocycles. The Hall–Kier alpha value is -9.87. The van der Waals surface area contributed by atoms with Crippen LogP contribution in [0.2, 0.25) is 0 Å². The van der Waals surface area contributed by atoms with Crippen molar-refractivity contribution >= 4 is 54.6 Å². The molecule has 101 heavy (non-hydrogen) atoms. The van der Waals surface area contributed by atoms with Crippen LogP contribution in [0, 0.1) is 32.2 Å². The predicted octanol–water partition coefficient (Wildman–Crippen LogP) is 24.2. The van der Waals surface area contributed by atoms with Gasteiger partial charge < -0.3 is 18.4 Å². The third-order valence-corrected chi connectivity index (χ3v) is 21.6. The summed E-state index contributed by atoms with van der Waals surface area (Å²) in [6.07, 6.45) is 7.96. The van der Waals surface area contributed by atoms with E-state index in [-0.39, 0.29) is 64.8 Å². The van der Waals surface area contributed by atoms with E-state index < -0.39 is 13.7 Å². The molecule has 1 aliphatic heterocycles. The van der Waals surface area contributed by atoms with Gasteiger partial charge in [0, 0.05) is 63.3 Å². The molecule has 0 amide bonds. The largest absolute Gasteiger partial charge is 0.510 e. The SMILES string of the molecule is [2H]C([2H])([2H])c1cccc(C([2H])([2H])[2H])c1-c1cc2c(c(-n3c4ccccc4c4ccccc43)c1)-[n+]1[c-]n(-c3[c-]c(Oc4[c-]c5c(cc4)c4ccccc4n5-c4cc(C(C)(C)C)ccn4)ccc3)c3cc(-c4cc(C(C)(C)C)cc(C(C)(C)C)c4)cc(c31)-c1ccccc1-c1cc3c(cc1-2)C(C)(C)CCC3(C)C.[Pt]. The molecule has 0 unspecified atom stereocenters. The molecule has 4 aromatic heterocycles. The van der Waals surface area contributed by atoms with Crippen LogP contribution in [0.5, 0.6) is 11.5 Å². The smallest absolute Gasteiger partial charge is 0.268 e. The topological polar surface area (TPSA) is 40.8 Å². The van der Waals surface area contributed by atoms with E-state index in [2.05, 4.69) is 297 Å². The van der Waals surface area contributed by atoms with Gasteiger partial charge in [0.05, 0.1) is 33.4 Å². The minimum atomic E-state index is -2.71. The normalized spacial score (nSPS) is 15.2. The number of rotatable bonds is 7. The van der Waals surface area contributed by atoms with Crippen LogP contribution in [0.1, 0.15) is 150 Å². The summed E-state index contributed by atoms with van der Waals surface area (Å²) in [7, 11) is 0. The number of hydrogen-bond donors (Lipinski definition) is 0. The average molecular weight is 1500 g/mol. The maximum Gasteiger partial charge on any atom is 0.268 e. The Morgan fingerprint density at radius 2 is 0.990 bits per heavy atom. The van der Waals surface area contributed by atoms with Gasteiger partial charge in [-0.05, 0) is 214 Å². The fourth-order valence-electron chi connectivity index (χ4n) is 16.0. The summed E-state index contributed by atoms with van der Waals surface area (Å²) in [5.74, 6) is 1.75. The summed E-state index contributed by atoms with van der Waals surface area (Å²) in [4.78, 5) is 4.97. The standard InChI is InChI=1S/C94H85N5O.Pt/c1-57-26-24-27-58(2)87(57)61-47-77-75-55-79-78(93(12,13)41-42-94(79,14)15)54-74(75)68-30-16-17-31-69(68)76-46-60(59-44-63(91(6,7)8)50-64(45-59)92(9,10)11)48-84-88(76)97(89(77)85(49-61)98-80-35-21-18-32-70(80)71-33-19-22-36-81(71)98)56-96(84)65-28-25-29-66(52-65)100-67-38-39-73-72-34-20-23-37-82(72)99(83(73)53-67)86-51-62(40-43-95-86)90(3,4)5;/h16-40,43-51,54-55H,41-42H2,1-15H3;/q-2;/i1D3,2D3;. The molecular formula is C94H85N5OPt-2. The van der Waals surface area contributed by atoms with Crippen molar-refractivity contribution in [2.75, 3.05) is 0 Å². The summed E-state index contributed by atoms with van der Waals surface area (Å²) in [6.45, 7) is 24.4. The number of aromatic nitrogens is 5. The van der Waals surface area contributed by atoms with Crippen LogP contribution in [0.15, 0.2) is 219 Å². The van der Waals surface area contributed by atoms with Crippen molar-refractivity contribution in [3.05, 3.63) is 276 Å². The van der Waals surface area contributed by atoms with Crippen LogP contribution >= 0.6 is 0 Å². The van der Waals surface area contributed by atoms with Gasteiger partial charge in [-0.1, -0.05) is 223 Å². The van der Waals surface area contributed by atoms with Gasteiger partial charge in [-0.15, -0.1) is 29.7 Å². The van der Waals surface area contributed by atoms with Gasteiger partial charge in [-0.25, -0.2) is 4.98 Å². The Labute approximate surface area is 617 Å². The van der Waals surface area contributed by atoms with Crippen molar-refractivity contribution in [3.8, 4) is 90.0 Å². The van der Waals surface area contributed by atoms with Gasteiger partial charge in [0.15, 0.2) is 0 Å². The van der Waals surface area contributed by atoms with Crippen molar-refractivity contribution in [3.63, 3.8) is 0 Å². The van der Waals surface area contributed by atoms with Crippen LogP contribution < -0.4 is 9.30 Å². The summed E-state index contributed by atoms with van der Waals surface area (Å²) in [5, 5.41) is 4.13. The zero-order valence-corrected chi connectivity index (χ0v) is 61.9. The van der Waals surface area contributed by atoms with Crippen LogP contribution in [0.25, 0.3) is 133 Å². The number of aryl methyl sites for hydroxylation is 2. The second-order valence-electron chi connectivity index (χ2n) is 32.3. The van der Waals surface area contributed by atoms with Crippen LogP contribution in [-0.2, 0) is 48.1 Å². The number of fused-ring (bicyclic) bond motifs is 14. The van der Waals surface area contributed by atoms with E-state index in [0.29, 0.717) is 28.4 Å². The van der Waals surface area contributed by atoms with E-state index in [1.54, 1.807) is 18.2 Å². The third-order valence-electron chi connectivity index (χ3n) is 21.6. The quantitative estimate of drug-likeness (QED) is 0.118. The second-order valence-corrected chi connectivity index (χ2v) is 32.3. The first kappa shape index (κ1) is 58.9. The second kappa shape index (κ2) is 23.6. The monoisotopic (exact) mass is 1500 g/mol. The molecule has 504 valence electrons. The van der Waals surface area contributed by atoms with Gasteiger partial charge in [0.25, 0.3) is 6.33 Å². The minimum absolute atomic E-state index is 0. The molecule has 11 aromatic carbocycles. The molecule has 17 rings (SSSR count). The number of nitrogens with zero attached hydrogens (tertiary/aromatic N) is 5. The third kappa shape index (κ3) is 10.8. The number of ether oxygens (including phenoxy) is 1. The molecule has 0 atom stereocenters. The molecule has 1 aliphatic carbocycles. The van der Waals surface area contributed by atoms with Crippen LogP contribution in [-0.4, -0.2) is 18.7 Å². The molecule has 0 fully saturated rings. The van der Waals surface area contributed by atoms with Gasteiger partial charge >= 0.3 is 0 Å². The maximum atomic E-state index is 9.25. The Kier molecular flexibility index (Phi) is 13.8. The Bertz CT molecular complexity index is 6060. The average Bonchev–Trinajstić information content (AvgIpc) is 1.60. The van der Waals surface area contributed by atoms with E-state index in [0.717, 1.165) is 123 Å². The number of pyridine rings is 1. The number of benzene rings is 11. The van der Waals surface area contributed by atoms with E-state index in [1.807, 2.05) is 30.5 Å². The van der Waals surface area contributed by atoms with Gasteiger partial charge in [-0.2, -0.15) is 18.2 Å². The first-order chi connectivity index (χ1) is 50.2. The summed E-state index contributed by atoms with van der Waals surface area (Å²) in [5.41, 5.74) is 20.7. The molecule has 0 saturated heterocycles. The van der Waals surface area contributed by atoms with Gasteiger partial charge in [0.2, 0.25) is 0 Å². The van der Waals surface area contributed by atoms with Crippen LogP contribution in [0.3, 0.4) is 0 Å². The number of hydrogen-bond acceptors (Lipinski definition) is 2. The molecule has 5 heterocycles. The number of para-hydroxylation sites is 3. The number of imidazole rings is 1. The van der Waals surface area contributed by atoms with Crippen molar-refractivity contribution in [2.45, 2.75) is 144 Å². The van der Waals surface area contributed by atoms with Crippen LogP contribution in [0.4, 0.5) is 0 Å². The fraction of sp³-hybridized carbons (Fsp3) is 0.234. The Balaban J connectivity index is 0.00000876. The zero-order chi connectivity index (χ0) is 74.3. The zero-order valence-electron chi connectivity index (χ0n) is 65.7. The molecule has 0 spiro atoms. The summed E-state index contributed by atoms with van der Waals surface area (Å²) < 4.78 is 71.4. The molecular weight excluding hydrogens is 1410 g/mol. The summed E-state index contributed by atoms with van der Waals surface area (Å²) >= 11 is 0. The molecule has 0 radical (unpaired) electrons. The molecule has 6 nitrogen and oxygen atoms in total. The molecule has 0 bridgehead atoms. The molecule has 0 N–H and O–H groups in total. The fourth-order valence-corrected chi connectivity index (χ4v) is 16.0. The minimum Gasteiger partial charge on any atom is -0.510 e. The van der Waals surface area contributed by atoms with E-state index in [9.17, 15) is 8.22 Å². The Morgan fingerprint density at radius 1 is 0.455 bits per heavy atom. The predicted molar refractivity (Wildman–Crippen MR) is 416 cm³/mol. The maximum absolute atomic E-state index is 9.25.